The molecule has 26 nitrogen and oxygen atoms in total. The van der Waals surface area contributed by atoms with Crippen molar-refractivity contribution in [1.29, 1.82) is 0 Å². The van der Waals surface area contributed by atoms with Crippen LogP contribution in [0.1, 0.15) is 101 Å². The van der Waals surface area contributed by atoms with Crippen LogP contribution >= 0.6 is 12.2 Å². The summed E-state index contributed by atoms with van der Waals surface area (Å²) in [5, 5.41) is 66.2. The van der Waals surface area contributed by atoms with E-state index in [1.165, 1.54) is 0 Å². The summed E-state index contributed by atoms with van der Waals surface area (Å²) < 4.78 is 0. The van der Waals surface area contributed by atoms with Gasteiger partial charge in [-0.3, -0.25) is 43.5 Å². The summed E-state index contributed by atoms with van der Waals surface area (Å²) in [6, 6.07) is 11.3. The number of hydrogen-bond donors (Lipinski definition) is 12. The molecule has 0 spiro atoms. The van der Waals surface area contributed by atoms with Crippen molar-refractivity contribution in [2.45, 2.75) is 133 Å². The zero-order valence-electron chi connectivity index (χ0n) is 46.1. The van der Waals surface area contributed by atoms with Gasteiger partial charge in [0.25, 0.3) is 0 Å². The van der Waals surface area contributed by atoms with E-state index < -0.39 is 66.0 Å². The van der Waals surface area contributed by atoms with Crippen molar-refractivity contribution < 1.29 is 78.3 Å². The lowest BCUT2D eigenvalue weighted by atomic mass is 10.0. The van der Waals surface area contributed by atoms with E-state index >= 15 is 0 Å². The molecule has 1 heterocycles. The Bertz CT molecular complexity index is 2400. The molecular weight excluding hydrogens is 1090 g/mol. The number of amides is 5. The topological polar surface area (TPSA) is 383 Å². The lowest BCUT2D eigenvalue weighted by molar-refractivity contribution is -0.142. The Morgan fingerprint density at radius 3 is 1.76 bits per heavy atom. The minimum absolute atomic E-state index is 0.0482. The number of carboxylic acid groups (broad SMARTS) is 5. The van der Waals surface area contributed by atoms with Crippen LogP contribution in [0.15, 0.2) is 54.6 Å². The standard InChI is InChI=1S/C55H80N10O16S/c66-31-30-65-29-28-63(35-49(72)73)26-27-64(36-50(74)75)34-42(65)32-39-18-20-40(21-19-39)59-55(82)62-45(33-38-12-4-3-5-13-38)51(76)57-25-11-9-14-43(52(77)78)60-47(69)17-7-2-1-6-16-46(68)56-24-10-8-15-44(53(79)80)61-54(81)58-41(37-67)22-23-48(70)71/h3-5,12-13,18-21,31,37,41-45H,1-2,6-11,14-17,22-30,32-36H2,(H,56,68)(H,57,76)(H,60,69)(H,70,71)(H,72,73)(H,74,75)(H,77,78)(H,79,80)(H2,58,61,81)(H2,59,62,82)/t41-,42?,43?,44-,45?/m0/s1. The molecule has 1 aliphatic heterocycles. The average Bonchev–Trinajstić information content (AvgIpc) is 3.59. The van der Waals surface area contributed by atoms with Crippen LogP contribution in [0.5, 0.6) is 0 Å². The van der Waals surface area contributed by atoms with E-state index in [2.05, 4.69) is 37.2 Å². The molecule has 3 rings (SSSR count). The molecule has 27 heteroatoms. The Morgan fingerprint density at radius 1 is 0.573 bits per heavy atom. The molecule has 0 radical (unpaired) electrons. The fraction of sp³-hybridized carbons (Fsp3) is 0.564. The molecule has 3 unspecified atom stereocenters. The first-order valence-electron chi connectivity index (χ1n) is 27.5. The highest BCUT2D eigenvalue weighted by Gasteiger charge is 2.28. The number of anilines is 1. The highest BCUT2D eigenvalue weighted by Crippen LogP contribution is 2.17. The maximum absolute atomic E-state index is 13.6. The fourth-order valence-corrected chi connectivity index (χ4v) is 9.33. The zero-order chi connectivity index (χ0) is 60.2. The quantitative estimate of drug-likeness (QED) is 0.0256. The SMILES string of the molecule is O=CCN1CCN(CC(=O)O)CCN(CC(=O)O)CC1Cc1ccc(NC(=S)NC(Cc2ccccc2)C(=O)NCCCCC(NC(=O)CCCCCCC(=O)NCCCC[C@H](NC(=O)N[C@H](C=O)CCC(=O)O)C(=O)O)C(=O)O)cc1. The predicted molar refractivity (Wildman–Crippen MR) is 304 cm³/mol. The number of carbonyl (C=O) groups excluding carboxylic acids is 6. The van der Waals surface area contributed by atoms with Crippen molar-refractivity contribution in [3.63, 3.8) is 0 Å². The van der Waals surface area contributed by atoms with Gasteiger partial charge in [0, 0.05) is 83.2 Å². The lowest BCUT2D eigenvalue weighted by Gasteiger charge is -2.33. The van der Waals surface area contributed by atoms with Gasteiger partial charge in [0.15, 0.2) is 5.11 Å². The summed E-state index contributed by atoms with van der Waals surface area (Å²) in [7, 11) is 0. The van der Waals surface area contributed by atoms with Crippen LogP contribution in [-0.2, 0) is 60.8 Å². The Morgan fingerprint density at radius 2 is 1.16 bits per heavy atom. The molecule has 0 aliphatic carbocycles. The summed E-state index contributed by atoms with van der Waals surface area (Å²) in [5.74, 6) is -6.60. The van der Waals surface area contributed by atoms with Gasteiger partial charge in [-0.25, -0.2) is 14.4 Å². The molecule has 1 saturated heterocycles. The molecule has 2 aromatic carbocycles. The lowest BCUT2D eigenvalue weighted by Crippen LogP contribution is -2.49. The van der Waals surface area contributed by atoms with Crippen molar-refractivity contribution in [3.05, 3.63) is 65.7 Å². The molecular formula is C55H80N10O16S. The molecule has 5 amide bonds. The van der Waals surface area contributed by atoms with Gasteiger partial charge in [-0.05, 0) is 99.7 Å². The number of aliphatic carboxylic acids is 5. The van der Waals surface area contributed by atoms with Crippen molar-refractivity contribution in [2.24, 2.45) is 0 Å². The van der Waals surface area contributed by atoms with Crippen LogP contribution in [-0.4, -0.2) is 207 Å². The molecule has 0 saturated carbocycles. The number of carbonyl (C=O) groups is 11. The van der Waals surface area contributed by atoms with Crippen LogP contribution in [0.2, 0.25) is 0 Å². The van der Waals surface area contributed by atoms with Crippen LogP contribution in [0.3, 0.4) is 0 Å². The Hall–Kier alpha value is -7.62. The fourth-order valence-electron chi connectivity index (χ4n) is 9.07. The molecule has 0 aromatic heterocycles. The molecule has 82 heavy (non-hydrogen) atoms. The number of benzene rings is 2. The van der Waals surface area contributed by atoms with E-state index in [4.69, 9.17) is 17.3 Å². The first-order valence-corrected chi connectivity index (χ1v) is 28.0. The smallest absolute Gasteiger partial charge is 0.326 e. The summed E-state index contributed by atoms with van der Waals surface area (Å²) in [5.41, 5.74) is 2.41. The summed E-state index contributed by atoms with van der Waals surface area (Å²) in [4.78, 5) is 137. The molecule has 0 bridgehead atoms. The second kappa shape index (κ2) is 38.9. The highest BCUT2D eigenvalue weighted by molar-refractivity contribution is 7.80. The molecule has 1 fully saturated rings. The van der Waals surface area contributed by atoms with Crippen molar-refractivity contribution in [2.75, 3.05) is 70.8 Å². The Kier molecular flexibility index (Phi) is 32.6. The van der Waals surface area contributed by atoms with E-state index in [9.17, 15) is 73.2 Å². The van der Waals surface area contributed by atoms with Crippen LogP contribution in [0, 0.1) is 0 Å². The summed E-state index contributed by atoms with van der Waals surface area (Å²) >= 11 is 5.65. The monoisotopic (exact) mass is 1170 g/mol. The second-order valence-electron chi connectivity index (χ2n) is 20.0. The second-order valence-corrected chi connectivity index (χ2v) is 20.5. The van der Waals surface area contributed by atoms with Gasteiger partial charge in [-0.15, -0.1) is 0 Å². The van der Waals surface area contributed by atoms with Gasteiger partial charge in [-0.1, -0.05) is 55.3 Å². The van der Waals surface area contributed by atoms with Crippen molar-refractivity contribution in [3.8, 4) is 0 Å². The van der Waals surface area contributed by atoms with Crippen molar-refractivity contribution in [1.82, 2.24) is 46.6 Å². The predicted octanol–water partition coefficient (Wildman–Crippen LogP) is 1.45. The number of rotatable bonds is 39. The Balaban J connectivity index is 1.39. The van der Waals surface area contributed by atoms with Crippen LogP contribution in [0.25, 0.3) is 0 Å². The van der Waals surface area contributed by atoms with Gasteiger partial charge < -0.3 is 72.3 Å². The van der Waals surface area contributed by atoms with Gasteiger partial charge in [0.05, 0.1) is 25.7 Å². The summed E-state index contributed by atoms with van der Waals surface area (Å²) in [6.07, 6.45) is 5.80. The van der Waals surface area contributed by atoms with Gasteiger partial charge in [-0.2, -0.15) is 0 Å². The molecule has 5 atom stereocenters. The number of nitrogens with zero attached hydrogens (tertiary/aromatic N) is 3. The summed E-state index contributed by atoms with van der Waals surface area (Å²) in [6.45, 7) is 2.00. The van der Waals surface area contributed by atoms with Gasteiger partial charge >= 0.3 is 35.9 Å². The van der Waals surface area contributed by atoms with Gasteiger partial charge in [0.1, 0.15) is 30.7 Å². The first kappa shape index (κ1) is 68.7. The Labute approximate surface area is 481 Å². The number of unbranched alkanes of at least 4 members (excludes halogenated alkanes) is 5. The first-order chi connectivity index (χ1) is 39.2. The third-order valence-electron chi connectivity index (χ3n) is 13.4. The minimum atomic E-state index is -1.30. The van der Waals surface area contributed by atoms with E-state index in [1.54, 1.807) is 9.80 Å². The van der Waals surface area contributed by atoms with Crippen LogP contribution < -0.4 is 37.2 Å². The molecule has 452 valence electrons. The van der Waals surface area contributed by atoms with E-state index in [1.807, 2.05) is 59.5 Å². The van der Waals surface area contributed by atoms with Crippen LogP contribution in [0.4, 0.5) is 10.5 Å². The highest BCUT2D eigenvalue weighted by atomic mass is 32.1. The average molecular weight is 1170 g/mol. The number of aldehydes is 2. The third kappa shape index (κ3) is 29.7. The number of urea groups is 1. The van der Waals surface area contributed by atoms with E-state index in [0.717, 1.165) is 17.4 Å². The van der Waals surface area contributed by atoms with Crippen molar-refractivity contribution >= 4 is 89.2 Å². The third-order valence-corrected chi connectivity index (χ3v) is 13.7. The molecule has 12 N–H and O–H groups in total. The number of carboxylic acids is 5. The largest absolute Gasteiger partial charge is 0.481 e. The normalized spacial score (nSPS) is 15.5. The molecule has 1 aliphatic rings. The maximum Gasteiger partial charge on any atom is 0.326 e. The number of hydrogen-bond acceptors (Lipinski definition) is 15. The van der Waals surface area contributed by atoms with E-state index in [0.29, 0.717) is 109 Å². The van der Waals surface area contributed by atoms with Gasteiger partial charge in [0.2, 0.25) is 17.7 Å². The zero-order valence-corrected chi connectivity index (χ0v) is 46.9. The van der Waals surface area contributed by atoms with E-state index in [-0.39, 0.29) is 94.2 Å². The molecule has 2 aromatic rings. The number of nitrogens with one attached hydrogen (secondary N) is 7. The minimum Gasteiger partial charge on any atom is -0.481 e. The number of thiocarbonyl (C=S) groups is 1. The maximum atomic E-state index is 13.6.